The van der Waals surface area contributed by atoms with Gasteiger partial charge in [-0.3, -0.25) is 9.10 Å². The maximum Gasteiger partial charge on any atom is 0.264 e. The molecule has 0 spiro atoms. The highest BCUT2D eigenvalue weighted by atomic mass is 32.2. The summed E-state index contributed by atoms with van der Waals surface area (Å²) >= 11 is 1.41. The predicted octanol–water partition coefficient (Wildman–Crippen LogP) is 4.83. The zero-order valence-electron chi connectivity index (χ0n) is 19.1. The van der Waals surface area contributed by atoms with E-state index in [-0.39, 0.29) is 10.8 Å². The van der Waals surface area contributed by atoms with Crippen LogP contribution in [0.25, 0.3) is 10.1 Å². The van der Waals surface area contributed by atoms with Gasteiger partial charge in [0.1, 0.15) is 5.82 Å². The standard InChI is InChI=1S/C26H24FN3O3S2/c1-28(35(32,33)23-10-7-20(27)8-11-23)22-9-12-24-19(17-22)18-25(34-24)26(31)30-15-13-29(14-16-30)21-5-3-2-4-6-21/h2-12,17-18H,13-16H2,1H3. The van der Waals surface area contributed by atoms with Crippen LogP contribution in [0, 0.1) is 5.82 Å². The molecule has 0 N–H and O–H groups in total. The normalized spacial score (nSPS) is 14.3. The van der Waals surface area contributed by atoms with Crippen molar-refractivity contribution in [3.63, 3.8) is 0 Å². The highest BCUT2D eigenvalue weighted by Crippen LogP contribution is 2.32. The second-order valence-electron chi connectivity index (χ2n) is 8.37. The molecule has 0 bridgehead atoms. The second kappa shape index (κ2) is 9.31. The molecular weight excluding hydrogens is 485 g/mol. The number of hydrogen-bond donors (Lipinski definition) is 0. The van der Waals surface area contributed by atoms with Crippen LogP contribution in [0.15, 0.2) is 83.8 Å². The minimum absolute atomic E-state index is 0.00671. The first-order valence-electron chi connectivity index (χ1n) is 11.2. The number of anilines is 2. The monoisotopic (exact) mass is 509 g/mol. The third-order valence-corrected chi connectivity index (χ3v) is 9.14. The highest BCUT2D eigenvalue weighted by molar-refractivity contribution is 7.92. The quantitative estimate of drug-likeness (QED) is 0.387. The number of hydrogen-bond acceptors (Lipinski definition) is 5. The van der Waals surface area contributed by atoms with E-state index in [4.69, 9.17) is 0 Å². The molecule has 0 saturated carbocycles. The van der Waals surface area contributed by atoms with E-state index >= 15 is 0 Å². The Morgan fingerprint density at radius 3 is 2.29 bits per heavy atom. The number of rotatable bonds is 5. The molecule has 9 heteroatoms. The number of thiophene rings is 1. The molecule has 1 amide bonds. The molecule has 2 heterocycles. The van der Waals surface area contributed by atoms with Crippen molar-refractivity contribution in [1.82, 2.24) is 4.90 Å². The predicted molar refractivity (Wildman–Crippen MR) is 138 cm³/mol. The van der Waals surface area contributed by atoms with Crippen molar-refractivity contribution in [2.75, 3.05) is 42.4 Å². The van der Waals surface area contributed by atoms with Gasteiger partial charge in [-0.25, -0.2) is 12.8 Å². The summed E-state index contributed by atoms with van der Waals surface area (Å²) in [7, 11) is -2.38. The number of halogens is 1. The van der Waals surface area contributed by atoms with Gasteiger partial charge in [0.15, 0.2) is 0 Å². The van der Waals surface area contributed by atoms with E-state index in [1.54, 1.807) is 12.1 Å². The molecule has 4 aromatic rings. The summed E-state index contributed by atoms with van der Waals surface area (Å²) in [5.41, 5.74) is 1.63. The Kier molecular flexibility index (Phi) is 6.21. The van der Waals surface area contributed by atoms with Gasteiger partial charge in [0.25, 0.3) is 15.9 Å². The van der Waals surface area contributed by atoms with Gasteiger partial charge in [0.2, 0.25) is 0 Å². The average molecular weight is 510 g/mol. The molecule has 1 saturated heterocycles. The van der Waals surface area contributed by atoms with E-state index < -0.39 is 15.8 Å². The van der Waals surface area contributed by atoms with Gasteiger partial charge >= 0.3 is 0 Å². The molecule has 3 aromatic carbocycles. The molecule has 1 fully saturated rings. The minimum atomic E-state index is -3.84. The molecule has 5 rings (SSSR count). The third kappa shape index (κ3) is 4.61. The first-order chi connectivity index (χ1) is 16.8. The number of nitrogens with zero attached hydrogens (tertiary/aromatic N) is 3. The first-order valence-corrected chi connectivity index (χ1v) is 13.5. The molecule has 0 radical (unpaired) electrons. The summed E-state index contributed by atoms with van der Waals surface area (Å²) in [6.07, 6.45) is 0. The van der Waals surface area contributed by atoms with Crippen LogP contribution in [0.4, 0.5) is 15.8 Å². The molecule has 35 heavy (non-hydrogen) atoms. The maximum absolute atomic E-state index is 13.2. The summed E-state index contributed by atoms with van der Waals surface area (Å²) in [5, 5.41) is 0.805. The smallest absolute Gasteiger partial charge is 0.264 e. The van der Waals surface area contributed by atoms with Crippen LogP contribution in [0.5, 0.6) is 0 Å². The molecule has 0 unspecified atom stereocenters. The molecule has 6 nitrogen and oxygen atoms in total. The van der Waals surface area contributed by atoms with Gasteiger partial charge < -0.3 is 9.80 Å². The molecule has 0 aliphatic carbocycles. The van der Waals surface area contributed by atoms with Crippen molar-refractivity contribution in [2.45, 2.75) is 4.90 Å². The number of fused-ring (bicyclic) bond motifs is 1. The van der Waals surface area contributed by atoms with Crippen LogP contribution in [-0.2, 0) is 10.0 Å². The summed E-state index contributed by atoms with van der Waals surface area (Å²) in [5.74, 6) is -0.502. The van der Waals surface area contributed by atoms with Crippen LogP contribution in [-0.4, -0.2) is 52.5 Å². The van der Waals surface area contributed by atoms with E-state index in [2.05, 4.69) is 17.0 Å². The zero-order chi connectivity index (χ0) is 24.6. The maximum atomic E-state index is 13.2. The van der Waals surface area contributed by atoms with E-state index in [0.717, 1.165) is 41.0 Å². The van der Waals surface area contributed by atoms with Crippen molar-refractivity contribution in [1.29, 1.82) is 0 Å². The van der Waals surface area contributed by atoms with E-state index in [1.165, 1.54) is 34.8 Å². The Hall–Kier alpha value is -3.43. The number of piperazine rings is 1. The number of sulfonamides is 1. The third-order valence-electron chi connectivity index (χ3n) is 6.23. The molecule has 0 atom stereocenters. The Balaban J connectivity index is 1.32. The van der Waals surface area contributed by atoms with Crippen LogP contribution >= 0.6 is 11.3 Å². The number of carbonyl (C=O) groups excluding carboxylic acids is 1. The van der Waals surface area contributed by atoms with Gasteiger partial charge in [0, 0.05) is 43.6 Å². The Bertz CT molecular complexity index is 1460. The van der Waals surface area contributed by atoms with Crippen molar-refractivity contribution >= 4 is 48.7 Å². The van der Waals surface area contributed by atoms with Crippen molar-refractivity contribution in [3.8, 4) is 0 Å². The van der Waals surface area contributed by atoms with Gasteiger partial charge in [0.05, 0.1) is 15.5 Å². The Morgan fingerprint density at radius 1 is 0.914 bits per heavy atom. The van der Waals surface area contributed by atoms with Crippen molar-refractivity contribution < 1.29 is 17.6 Å². The average Bonchev–Trinajstić information content (AvgIpc) is 3.32. The van der Waals surface area contributed by atoms with Crippen molar-refractivity contribution in [3.05, 3.63) is 89.6 Å². The van der Waals surface area contributed by atoms with Gasteiger partial charge in [-0.1, -0.05) is 18.2 Å². The van der Waals surface area contributed by atoms with Crippen LogP contribution in [0.3, 0.4) is 0 Å². The van der Waals surface area contributed by atoms with Crippen LogP contribution < -0.4 is 9.21 Å². The zero-order valence-corrected chi connectivity index (χ0v) is 20.7. The largest absolute Gasteiger partial charge is 0.368 e. The number of carbonyl (C=O) groups is 1. The number of benzene rings is 3. The lowest BCUT2D eigenvalue weighted by molar-refractivity contribution is 0.0751. The van der Waals surface area contributed by atoms with Crippen LogP contribution in [0.2, 0.25) is 0 Å². The fourth-order valence-electron chi connectivity index (χ4n) is 4.20. The van der Waals surface area contributed by atoms with E-state index in [1.807, 2.05) is 35.2 Å². The summed E-state index contributed by atoms with van der Waals surface area (Å²) in [4.78, 5) is 18.0. The van der Waals surface area contributed by atoms with E-state index in [0.29, 0.717) is 23.7 Å². The minimum Gasteiger partial charge on any atom is -0.368 e. The van der Waals surface area contributed by atoms with Gasteiger partial charge in [-0.15, -0.1) is 11.3 Å². The fraction of sp³-hybridized carbons (Fsp3) is 0.192. The summed E-state index contributed by atoms with van der Waals surface area (Å²) in [6, 6.07) is 22.1. The molecule has 1 aliphatic rings. The van der Waals surface area contributed by atoms with E-state index in [9.17, 15) is 17.6 Å². The summed E-state index contributed by atoms with van der Waals surface area (Å²) < 4.78 is 41.3. The Morgan fingerprint density at radius 2 is 1.60 bits per heavy atom. The fourth-order valence-corrected chi connectivity index (χ4v) is 6.40. The van der Waals surface area contributed by atoms with Crippen molar-refractivity contribution in [2.24, 2.45) is 0 Å². The molecule has 1 aliphatic heterocycles. The van der Waals surface area contributed by atoms with Gasteiger partial charge in [-0.2, -0.15) is 0 Å². The van der Waals surface area contributed by atoms with Crippen LogP contribution in [0.1, 0.15) is 9.67 Å². The number of para-hydroxylation sites is 1. The molecule has 1 aromatic heterocycles. The SMILES string of the molecule is CN(c1ccc2sc(C(=O)N3CCN(c4ccccc4)CC3)cc2c1)S(=O)(=O)c1ccc(F)cc1. The lowest BCUT2D eigenvalue weighted by Gasteiger charge is -2.35. The highest BCUT2D eigenvalue weighted by Gasteiger charge is 2.25. The van der Waals surface area contributed by atoms with Gasteiger partial charge in [-0.05, 0) is 66.0 Å². The molecular formula is C26H24FN3O3S2. The molecule has 180 valence electrons. The second-order valence-corrected chi connectivity index (χ2v) is 11.4. The number of amides is 1. The topological polar surface area (TPSA) is 60.9 Å². The first kappa shape index (κ1) is 23.3. The lowest BCUT2D eigenvalue weighted by Crippen LogP contribution is -2.48. The lowest BCUT2D eigenvalue weighted by atomic mass is 10.2. The Labute approximate surface area is 207 Å². The summed E-state index contributed by atoms with van der Waals surface area (Å²) in [6.45, 7) is 2.84.